The molecule has 23 heavy (non-hydrogen) atoms. The predicted octanol–water partition coefficient (Wildman–Crippen LogP) is 3.03. The highest BCUT2D eigenvalue weighted by atomic mass is 35.5. The fraction of sp³-hybridized carbons (Fsp3) is 0.294. The van der Waals surface area contributed by atoms with Crippen LogP contribution in [0.5, 0.6) is 0 Å². The molecule has 0 unspecified atom stereocenters. The van der Waals surface area contributed by atoms with Gasteiger partial charge in [0, 0.05) is 43.0 Å². The Morgan fingerprint density at radius 2 is 1.96 bits per heavy atom. The van der Waals surface area contributed by atoms with Gasteiger partial charge in [-0.2, -0.15) is 0 Å². The number of rotatable bonds is 2. The minimum Gasteiger partial charge on any atom is -0.353 e. The first-order valence-electron chi connectivity index (χ1n) is 7.74. The van der Waals surface area contributed by atoms with E-state index in [0.717, 1.165) is 59.2 Å². The number of nitrogens with zero attached hydrogens (tertiary/aromatic N) is 4. The van der Waals surface area contributed by atoms with Gasteiger partial charge in [-0.05, 0) is 24.7 Å². The molecule has 0 aliphatic carbocycles. The van der Waals surface area contributed by atoms with Gasteiger partial charge in [0.1, 0.15) is 17.8 Å². The van der Waals surface area contributed by atoms with Crippen molar-refractivity contribution in [3.05, 3.63) is 41.8 Å². The van der Waals surface area contributed by atoms with Crippen molar-refractivity contribution in [1.29, 1.82) is 0 Å². The van der Waals surface area contributed by atoms with Crippen molar-refractivity contribution in [2.45, 2.75) is 0 Å². The Hall–Kier alpha value is -2.11. The second-order valence-corrected chi connectivity index (χ2v) is 6.36. The summed E-state index contributed by atoms with van der Waals surface area (Å²) in [5, 5.41) is 1.80. The molecule has 4 rings (SSSR count). The van der Waals surface area contributed by atoms with Crippen molar-refractivity contribution in [2.75, 3.05) is 38.1 Å². The van der Waals surface area contributed by atoms with Crippen molar-refractivity contribution in [1.82, 2.24) is 19.9 Å². The molecule has 6 heteroatoms. The maximum absolute atomic E-state index is 6.16. The van der Waals surface area contributed by atoms with Crippen LogP contribution in [0.1, 0.15) is 0 Å². The zero-order chi connectivity index (χ0) is 15.8. The lowest BCUT2D eigenvalue weighted by Gasteiger charge is -2.33. The average molecular weight is 328 g/mol. The fourth-order valence-corrected chi connectivity index (χ4v) is 3.28. The molecule has 3 aromatic rings. The summed E-state index contributed by atoms with van der Waals surface area (Å²) in [4.78, 5) is 16.9. The Balaban J connectivity index is 1.84. The maximum Gasteiger partial charge on any atom is 0.143 e. The number of nitrogens with one attached hydrogen (secondary N) is 1. The third-order valence-corrected chi connectivity index (χ3v) is 4.62. The smallest absolute Gasteiger partial charge is 0.143 e. The minimum atomic E-state index is 0.731. The predicted molar refractivity (Wildman–Crippen MR) is 94.0 cm³/mol. The summed E-state index contributed by atoms with van der Waals surface area (Å²) in [6, 6.07) is 7.90. The molecule has 1 N–H and O–H groups in total. The molecule has 0 spiro atoms. The Morgan fingerprint density at radius 3 is 2.74 bits per heavy atom. The summed E-state index contributed by atoms with van der Waals surface area (Å²) >= 11 is 6.16. The molecule has 5 nitrogen and oxygen atoms in total. The average Bonchev–Trinajstić information content (AvgIpc) is 3.00. The van der Waals surface area contributed by atoms with E-state index in [-0.39, 0.29) is 0 Å². The van der Waals surface area contributed by atoms with Crippen molar-refractivity contribution >= 4 is 28.5 Å². The van der Waals surface area contributed by atoms with E-state index in [1.54, 1.807) is 6.33 Å². The van der Waals surface area contributed by atoms with Gasteiger partial charge in [0.15, 0.2) is 0 Å². The van der Waals surface area contributed by atoms with E-state index < -0.39 is 0 Å². The Bertz CT molecular complexity index is 836. The monoisotopic (exact) mass is 327 g/mol. The van der Waals surface area contributed by atoms with E-state index in [9.17, 15) is 0 Å². The van der Waals surface area contributed by atoms with Crippen molar-refractivity contribution in [2.24, 2.45) is 0 Å². The van der Waals surface area contributed by atoms with Crippen LogP contribution < -0.4 is 4.90 Å². The molecule has 1 aliphatic rings. The molecule has 1 fully saturated rings. The molecule has 2 aromatic heterocycles. The summed E-state index contributed by atoms with van der Waals surface area (Å²) in [5.74, 6) is 0.999. The van der Waals surface area contributed by atoms with E-state index in [4.69, 9.17) is 11.6 Å². The summed E-state index contributed by atoms with van der Waals surface area (Å²) in [6.45, 7) is 4.04. The molecule has 0 amide bonds. The molecule has 1 aromatic carbocycles. The van der Waals surface area contributed by atoms with Gasteiger partial charge in [-0.25, -0.2) is 9.97 Å². The standard InChI is InChI=1S/C17H18ClN5/c1-22-5-7-23(8-6-22)17-15-14(10-19-16(15)20-11-21-17)12-3-2-4-13(18)9-12/h2-4,9-11H,5-8H2,1H3,(H,19,20,21). The molecule has 0 radical (unpaired) electrons. The van der Waals surface area contributed by atoms with Crippen molar-refractivity contribution in [3.8, 4) is 11.1 Å². The van der Waals surface area contributed by atoms with E-state index >= 15 is 0 Å². The number of halogens is 1. The molecule has 3 heterocycles. The first kappa shape index (κ1) is 14.5. The number of piperazine rings is 1. The number of hydrogen-bond acceptors (Lipinski definition) is 4. The van der Waals surface area contributed by atoms with Crippen LogP contribution in [0.3, 0.4) is 0 Å². The lowest BCUT2D eigenvalue weighted by molar-refractivity contribution is 0.312. The second kappa shape index (κ2) is 5.83. The van der Waals surface area contributed by atoms with Gasteiger partial charge in [-0.15, -0.1) is 0 Å². The number of likely N-dealkylation sites (N-methyl/N-ethyl adjacent to an activating group) is 1. The topological polar surface area (TPSA) is 48.1 Å². The quantitative estimate of drug-likeness (QED) is 0.786. The normalized spacial score (nSPS) is 16.2. The van der Waals surface area contributed by atoms with Gasteiger partial charge in [0.2, 0.25) is 0 Å². The maximum atomic E-state index is 6.16. The van der Waals surface area contributed by atoms with Gasteiger partial charge < -0.3 is 14.8 Å². The number of fused-ring (bicyclic) bond motifs is 1. The van der Waals surface area contributed by atoms with E-state index in [1.807, 2.05) is 24.4 Å². The molecule has 1 saturated heterocycles. The molecule has 0 bridgehead atoms. The molecule has 1 aliphatic heterocycles. The van der Waals surface area contributed by atoms with Crippen LogP contribution >= 0.6 is 11.6 Å². The highest BCUT2D eigenvalue weighted by Crippen LogP contribution is 2.34. The minimum absolute atomic E-state index is 0.731. The lowest BCUT2D eigenvalue weighted by atomic mass is 10.1. The highest BCUT2D eigenvalue weighted by molar-refractivity contribution is 6.31. The van der Waals surface area contributed by atoms with Crippen LogP contribution in [0.15, 0.2) is 36.8 Å². The largest absolute Gasteiger partial charge is 0.353 e. The number of hydrogen-bond donors (Lipinski definition) is 1. The van der Waals surface area contributed by atoms with E-state index in [0.29, 0.717) is 0 Å². The summed E-state index contributed by atoms with van der Waals surface area (Å²) < 4.78 is 0. The number of aromatic nitrogens is 3. The number of H-pyrrole nitrogens is 1. The first-order valence-corrected chi connectivity index (χ1v) is 8.12. The van der Waals surface area contributed by atoms with E-state index in [1.165, 1.54) is 0 Å². The molecular weight excluding hydrogens is 310 g/mol. The Labute approximate surface area is 139 Å². The molecule has 118 valence electrons. The Kier molecular flexibility index (Phi) is 3.67. The van der Waals surface area contributed by atoms with Crippen LogP contribution in [0.2, 0.25) is 5.02 Å². The first-order chi connectivity index (χ1) is 11.2. The van der Waals surface area contributed by atoms with Crippen molar-refractivity contribution < 1.29 is 0 Å². The lowest BCUT2D eigenvalue weighted by Crippen LogP contribution is -2.44. The third-order valence-electron chi connectivity index (χ3n) is 4.39. The fourth-order valence-electron chi connectivity index (χ4n) is 3.09. The molecule has 0 atom stereocenters. The van der Waals surface area contributed by atoms with Gasteiger partial charge in [-0.3, -0.25) is 0 Å². The van der Waals surface area contributed by atoms with Crippen molar-refractivity contribution in [3.63, 3.8) is 0 Å². The van der Waals surface area contributed by atoms with Crippen LogP contribution in [-0.4, -0.2) is 53.1 Å². The van der Waals surface area contributed by atoms with Gasteiger partial charge in [0.25, 0.3) is 0 Å². The number of aromatic amines is 1. The van der Waals surface area contributed by atoms with Crippen LogP contribution in [0, 0.1) is 0 Å². The van der Waals surface area contributed by atoms with Crippen LogP contribution in [0.25, 0.3) is 22.2 Å². The summed E-state index contributed by atoms with van der Waals surface area (Å²) in [6.07, 6.45) is 3.62. The molecular formula is C17H18ClN5. The van der Waals surface area contributed by atoms with Gasteiger partial charge in [-0.1, -0.05) is 23.7 Å². The van der Waals surface area contributed by atoms with Gasteiger partial charge >= 0.3 is 0 Å². The SMILES string of the molecule is CN1CCN(c2ncnc3[nH]cc(-c4cccc(Cl)c4)c23)CC1. The second-order valence-electron chi connectivity index (χ2n) is 5.92. The summed E-state index contributed by atoms with van der Waals surface area (Å²) in [5.41, 5.74) is 3.04. The third kappa shape index (κ3) is 2.66. The number of benzene rings is 1. The van der Waals surface area contributed by atoms with Gasteiger partial charge in [0.05, 0.1) is 5.39 Å². The van der Waals surface area contributed by atoms with E-state index in [2.05, 4.69) is 37.9 Å². The zero-order valence-corrected chi connectivity index (χ0v) is 13.7. The molecule has 0 saturated carbocycles. The zero-order valence-electron chi connectivity index (χ0n) is 13.0. The Morgan fingerprint density at radius 1 is 1.13 bits per heavy atom. The van der Waals surface area contributed by atoms with Crippen LogP contribution in [-0.2, 0) is 0 Å². The highest BCUT2D eigenvalue weighted by Gasteiger charge is 2.20. The number of anilines is 1. The van der Waals surface area contributed by atoms with Crippen LogP contribution in [0.4, 0.5) is 5.82 Å². The summed E-state index contributed by atoms with van der Waals surface area (Å²) in [7, 11) is 2.15.